The number of hydrogen-bond donors (Lipinski definition) is 1. The monoisotopic (exact) mass is 423 g/mol. The quantitative estimate of drug-likeness (QED) is 0.707. The summed E-state index contributed by atoms with van der Waals surface area (Å²) in [7, 11) is 0. The number of ether oxygens (including phenoxy) is 1. The van der Waals surface area contributed by atoms with Crippen LogP contribution in [-0.4, -0.2) is 23.2 Å². The second-order valence-corrected chi connectivity index (χ2v) is 7.35. The fraction of sp³-hybridized carbons (Fsp3) is 0.333. The van der Waals surface area contributed by atoms with Crippen LogP contribution in [0.5, 0.6) is 5.75 Å². The van der Waals surface area contributed by atoms with Gasteiger partial charge in [0.15, 0.2) is 11.5 Å². The van der Waals surface area contributed by atoms with Crippen molar-refractivity contribution in [3.63, 3.8) is 0 Å². The zero-order valence-electron chi connectivity index (χ0n) is 16.5. The standard InChI is InChI=1S/C21H20F3NO5/c1-11(2)9-15(26)17-18(16-8-7-12(3)29-16)25(20(28)19(17)27)13-5-4-6-14(10-13)30-21(22,23)24/h4-8,10-11,18,27H,9H2,1-3H3. The molecule has 1 amide bonds. The van der Waals surface area contributed by atoms with Crippen LogP contribution in [0.2, 0.25) is 0 Å². The van der Waals surface area contributed by atoms with Crippen LogP contribution in [0.3, 0.4) is 0 Å². The van der Waals surface area contributed by atoms with Crippen molar-refractivity contribution in [2.45, 2.75) is 39.6 Å². The largest absolute Gasteiger partial charge is 0.573 e. The third kappa shape index (κ3) is 4.34. The summed E-state index contributed by atoms with van der Waals surface area (Å²) in [5.74, 6) is -1.96. The fourth-order valence-electron chi connectivity index (χ4n) is 3.34. The van der Waals surface area contributed by atoms with Gasteiger partial charge in [-0.1, -0.05) is 19.9 Å². The Bertz CT molecular complexity index is 1010. The average Bonchev–Trinajstić information content (AvgIpc) is 3.15. The number of carbonyl (C=O) groups is 2. The van der Waals surface area contributed by atoms with Gasteiger partial charge in [0.2, 0.25) is 0 Å². The molecule has 2 heterocycles. The molecule has 0 spiro atoms. The molecule has 0 fully saturated rings. The summed E-state index contributed by atoms with van der Waals surface area (Å²) >= 11 is 0. The average molecular weight is 423 g/mol. The smallest absolute Gasteiger partial charge is 0.503 e. The Labute approximate surface area is 170 Å². The summed E-state index contributed by atoms with van der Waals surface area (Å²) in [6.45, 7) is 5.30. The molecule has 1 aliphatic heterocycles. The molecule has 3 rings (SSSR count). The molecule has 0 bridgehead atoms. The number of alkyl halides is 3. The SMILES string of the molecule is Cc1ccc(C2C(C(=O)CC(C)C)=C(O)C(=O)N2c2cccc(OC(F)(F)F)c2)o1. The van der Waals surface area contributed by atoms with Gasteiger partial charge in [-0.15, -0.1) is 13.2 Å². The number of aryl methyl sites for hydroxylation is 1. The van der Waals surface area contributed by atoms with E-state index in [1.807, 2.05) is 13.8 Å². The van der Waals surface area contributed by atoms with Crippen molar-refractivity contribution >= 4 is 17.4 Å². The predicted molar refractivity (Wildman–Crippen MR) is 101 cm³/mol. The van der Waals surface area contributed by atoms with Crippen LogP contribution >= 0.6 is 0 Å². The van der Waals surface area contributed by atoms with Crippen LogP contribution in [0.1, 0.15) is 37.8 Å². The summed E-state index contributed by atoms with van der Waals surface area (Å²) in [6, 6.07) is 6.82. The molecule has 1 aromatic heterocycles. The minimum Gasteiger partial charge on any atom is -0.503 e. The third-order valence-electron chi connectivity index (χ3n) is 4.46. The van der Waals surface area contributed by atoms with Crippen molar-refractivity contribution in [3.05, 3.63) is 59.3 Å². The fourth-order valence-corrected chi connectivity index (χ4v) is 3.34. The minimum absolute atomic E-state index is 0.0136. The molecular weight excluding hydrogens is 403 g/mol. The number of benzene rings is 1. The van der Waals surface area contributed by atoms with Crippen molar-refractivity contribution in [2.75, 3.05) is 4.90 Å². The first-order valence-electron chi connectivity index (χ1n) is 9.20. The number of halogens is 3. The molecule has 1 unspecified atom stereocenters. The normalized spacial score (nSPS) is 17.2. The first kappa shape index (κ1) is 21.5. The number of carbonyl (C=O) groups excluding carboxylic acids is 2. The molecule has 30 heavy (non-hydrogen) atoms. The Balaban J connectivity index is 2.09. The Kier molecular flexibility index (Phi) is 5.65. The van der Waals surface area contributed by atoms with Gasteiger partial charge >= 0.3 is 6.36 Å². The van der Waals surface area contributed by atoms with Crippen LogP contribution in [0, 0.1) is 12.8 Å². The van der Waals surface area contributed by atoms with E-state index in [1.165, 1.54) is 12.1 Å². The summed E-state index contributed by atoms with van der Waals surface area (Å²) < 4.78 is 47.4. The molecule has 1 N–H and O–H groups in total. The number of nitrogens with zero attached hydrogens (tertiary/aromatic N) is 1. The molecular formula is C21H20F3NO5. The van der Waals surface area contributed by atoms with Gasteiger partial charge in [0.05, 0.1) is 5.57 Å². The highest BCUT2D eigenvalue weighted by Gasteiger charge is 2.46. The van der Waals surface area contributed by atoms with Crippen molar-refractivity contribution in [3.8, 4) is 5.75 Å². The molecule has 0 radical (unpaired) electrons. The van der Waals surface area contributed by atoms with Gasteiger partial charge in [-0.3, -0.25) is 14.5 Å². The molecule has 1 aromatic carbocycles. The lowest BCUT2D eigenvalue weighted by molar-refractivity contribution is -0.274. The van der Waals surface area contributed by atoms with Crippen LogP contribution in [0.15, 0.2) is 52.1 Å². The maximum atomic E-state index is 12.9. The van der Waals surface area contributed by atoms with Crippen molar-refractivity contribution in [1.29, 1.82) is 0 Å². The highest BCUT2D eigenvalue weighted by molar-refractivity contribution is 6.16. The summed E-state index contributed by atoms with van der Waals surface area (Å²) in [5.41, 5.74) is -0.134. The van der Waals surface area contributed by atoms with Crippen LogP contribution < -0.4 is 9.64 Å². The maximum absolute atomic E-state index is 12.9. The maximum Gasteiger partial charge on any atom is 0.573 e. The van der Waals surface area contributed by atoms with E-state index in [-0.39, 0.29) is 29.4 Å². The van der Waals surface area contributed by atoms with Gasteiger partial charge in [-0.05, 0) is 37.1 Å². The van der Waals surface area contributed by atoms with Gasteiger partial charge in [0.1, 0.15) is 23.3 Å². The van der Waals surface area contributed by atoms with E-state index < -0.39 is 35.6 Å². The minimum atomic E-state index is -4.91. The molecule has 2 aromatic rings. The first-order valence-corrected chi connectivity index (χ1v) is 9.20. The molecule has 1 aliphatic rings. The highest BCUT2D eigenvalue weighted by Crippen LogP contribution is 2.43. The van der Waals surface area contributed by atoms with E-state index in [4.69, 9.17) is 4.42 Å². The second-order valence-electron chi connectivity index (χ2n) is 7.35. The Morgan fingerprint density at radius 2 is 1.97 bits per heavy atom. The zero-order chi connectivity index (χ0) is 22.2. The number of amides is 1. The Morgan fingerprint density at radius 1 is 1.27 bits per heavy atom. The van der Waals surface area contributed by atoms with Gasteiger partial charge < -0.3 is 14.3 Å². The van der Waals surface area contributed by atoms with E-state index >= 15 is 0 Å². The van der Waals surface area contributed by atoms with Gasteiger partial charge in [0.25, 0.3) is 5.91 Å². The molecule has 0 saturated heterocycles. The number of ketones is 1. The number of hydrogen-bond acceptors (Lipinski definition) is 5. The van der Waals surface area contributed by atoms with Crippen molar-refractivity contribution < 1.29 is 37.0 Å². The van der Waals surface area contributed by atoms with E-state index in [0.717, 1.165) is 17.0 Å². The second kappa shape index (κ2) is 7.89. The third-order valence-corrected chi connectivity index (χ3v) is 4.46. The summed E-state index contributed by atoms with van der Waals surface area (Å²) in [5, 5.41) is 10.5. The lowest BCUT2D eigenvalue weighted by Gasteiger charge is -2.25. The van der Waals surface area contributed by atoms with E-state index in [9.17, 15) is 27.9 Å². The van der Waals surface area contributed by atoms with Crippen molar-refractivity contribution in [2.24, 2.45) is 5.92 Å². The number of aliphatic hydroxyl groups is 1. The Morgan fingerprint density at radius 3 is 2.53 bits per heavy atom. The molecule has 160 valence electrons. The number of anilines is 1. The molecule has 9 heteroatoms. The molecule has 0 aliphatic carbocycles. The lowest BCUT2D eigenvalue weighted by atomic mass is 9.95. The van der Waals surface area contributed by atoms with Crippen LogP contribution in [-0.2, 0) is 9.59 Å². The molecule has 1 atom stereocenters. The van der Waals surface area contributed by atoms with Gasteiger partial charge in [-0.25, -0.2) is 0 Å². The number of furan rings is 1. The lowest BCUT2D eigenvalue weighted by Crippen LogP contribution is -2.31. The van der Waals surface area contributed by atoms with Gasteiger partial charge in [-0.2, -0.15) is 0 Å². The molecule has 6 nitrogen and oxygen atoms in total. The topological polar surface area (TPSA) is 80.0 Å². The summed E-state index contributed by atoms with van der Waals surface area (Å²) in [4.78, 5) is 26.7. The first-order chi connectivity index (χ1) is 14.0. The van der Waals surface area contributed by atoms with Gasteiger partial charge in [0, 0.05) is 18.2 Å². The summed E-state index contributed by atoms with van der Waals surface area (Å²) in [6.07, 6.45) is -4.84. The number of Topliss-reactive ketones (excluding diaryl/α,β-unsaturated/α-hetero) is 1. The van der Waals surface area contributed by atoms with E-state index in [1.54, 1.807) is 19.1 Å². The zero-order valence-corrected chi connectivity index (χ0v) is 16.5. The van der Waals surface area contributed by atoms with E-state index in [0.29, 0.717) is 5.76 Å². The number of aliphatic hydroxyl groups excluding tert-OH is 1. The predicted octanol–water partition coefficient (Wildman–Crippen LogP) is 5.00. The van der Waals surface area contributed by atoms with Crippen LogP contribution in [0.4, 0.5) is 18.9 Å². The molecule has 0 saturated carbocycles. The van der Waals surface area contributed by atoms with E-state index in [2.05, 4.69) is 4.74 Å². The van der Waals surface area contributed by atoms with Crippen molar-refractivity contribution in [1.82, 2.24) is 0 Å². The Hall–Kier alpha value is -3.23. The highest BCUT2D eigenvalue weighted by atomic mass is 19.4. The van der Waals surface area contributed by atoms with Crippen LogP contribution in [0.25, 0.3) is 0 Å². The number of rotatable bonds is 6.